The number of hydrogen-bond donors (Lipinski definition) is 1. The van der Waals surface area contributed by atoms with E-state index >= 15 is 0 Å². The van der Waals surface area contributed by atoms with Gasteiger partial charge in [0.05, 0.1) is 11.3 Å². The van der Waals surface area contributed by atoms with Crippen molar-refractivity contribution < 1.29 is 30.4 Å². The maximum absolute atomic E-state index is 14.2. The lowest BCUT2D eigenvalue weighted by molar-refractivity contribution is -0.137. The van der Waals surface area contributed by atoms with E-state index in [1.165, 1.54) is 30.5 Å². The molecule has 0 aliphatic heterocycles. The van der Waals surface area contributed by atoms with Crippen molar-refractivity contribution in [3.63, 3.8) is 0 Å². The third-order valence-corrected chi connectivity index (χ3v) is 4.85. The van der Waals surface area contributed by atoms with E-state index in [1.54, 1.807) is 0 Å². The summed E-state index contributed by atoms with van der Waals surface area (Å²) in [5, 5.41) is 4.81. The molecule has 0 aliphatic carbocycles. The molecule has 10 heteroatoms. The Kier molecular flexibility index (Phi) is 4.94. The molecule has 0 spiro atoms. The van der Waals surface area contributed by atoms with Crippen LogP contribution in [0.25, 0.3) is 22.4 Å². The summed E-state index contributed by atoms with van der Waals surface area (Å²) in [5.41, 5.74) is -0.270. The van der Waals surface area contributed by atoms with E-state index in [0.29, 0.717) is 0 Å². The zero-order chi connectivity index (χ0) is 20.7. The Labute approximate surface area is 156 Å². The van der Waals surface area contributed by atoms with Crippen LogP contribution in [-0.2, 0) is 16.2 Å². The first-order valence-electron chi connectivity index (χ1n) is 7.63. The van der Waals surface area contributed by atoms with Crippen LogP contribution in [0, 0.1) is 11.6 Å². The highest BCUT2D eigenvalue weighted by atomic mass is 32.2. The lowest BCUT2D eigenvalue weighted by Crippen LogP contribution is -2.16. The van der Waals surface area contributed by atoms with Crippen LogP contribution < -0.4 is 5.14 Å². The molecule has 0 fully saturated rings. The van der Waals surface area contributed by atoms with Gasteiger partial charge >= 0.3 is 6.18 Å². The smallest absolute Gasteiger partial charge is 0.256 e. The van der Waals surface area contributed by atoms with Gasteiger partial charge in [0.2, 0.25) is 10.0 Å². The maximum atomic E-state index is 14.2. The van der Waals surface area contributed by atoms with Crippen LogP contribution in [0.3, 0.4) is 0 Å². The number of rotatable bonds is 3. The van der Waals surface area contributed by atoms with Gasteiger partial charge in [-0.2, -0.15) is 13.2 Å². The number of nitrogens with zero attached hydrogens (tertiary/aromatic N) is 1. The van der Waals surface area contributed by atoms with E-state index in [2.05, 4.69) is 4.98 Å². The van der Waals surface area contributed by atoms with Crippen molar-refractivity contribution in [2.75, 3.05) is 0 Å². The zero-order valence-corrected chi connectivity index (χ0v) is 14.7. The molecular formula is C18H11F5N2O2S. The minimum absolute atomic E-state index is 0.0506. The average molecular weight is 414 g/mol. The number of pyridine rings is 1. The summed E-state index contributed by atoms with van der Waals surface area (Å²) >= 11 is 0. The van der Waals surface area contributed by atoms with Crippen LogP contribution >= 0.6 is 0 Å². The molecule has 0 saturated carbocycles. The predicted octanol–water partition coefficient (Wildman–Crippen LogP) is 4.36. The van der Waals surface area contributed by atoms with Crippen LogP contribution in [0.15, 0.2) is 59.6 Å². The van der Waals surface area contributed by atoms with Gasteiger partial charge in [-0.25, -0.2) is 22.3 Å². The number of aromatic nitrogens is 1. The average Bonchev–Trinajstić information content (AvgIpc) is 2.59. The van der Waals surface area contributed by atoms with Gasteiger partial charge in [0.1, 0.15) is 11.6 Å². The predicted molar refractivity (Wildman–Crippen MR) is 91.4 cm³/mol. The first kappa shape index (κ1) is 19.9. The first-order valence-corrected chi connectivity index (χ1v) is 9.18. The lowest BCUT2D eigenvalue weighted by Gasteiger charge is -2.12. The molecule has 4 nitrogen and oxygen atoms in total. The van der Waals surface area contributed by atoms with Gasteiger partial charge in [0, 0.05) is 17.3 Å². The summed E-state index contributed by atoms with van der Waals surface area (Å²) in [6.45, 7) is 0. The van der Waals surface area contributed by atoms with Gasteiger partial charge < -0.3 is 0 Å². The molecule has 3 aromatic rings. The Morgan fingerprint density at radius 1 is 0.893 bits per heavy atom. The van der Waals surface area contributed by atoms with Crippen molar-refractivity contribution >= 4 is 10.0 Å². The van der Waals surface area contributed by atoms with Gasteiger partial charge in [-0.3, -0.25) is 4.98 Å². The molecule has 0 unspecified atom stereocenters. The second kappa shape index (κ2) is 6.95. The molecule has 28 heavy (non-hydrogen) atoms. The normalized spacial score (nSPS) is 12.2. The molecule has 0 saturated heterocycles. The molecule has 0 amide bonds. The van der Waals surface area contributed by atoms with Gasteiger partial charge in [0.15, 0.2) is 4.90 Å². The van der Waals surface area contributed by atoms with E-state index < -0.39 is 38.3 Å². The largest absolute Gasteiger partial charge is 0.416 e. The van der Waals surface area contributed by atoms with Crippen LogP contribution in [0.4, 0.5) is 22.0 Å². The Morgan fingerprint density at radius 2 is 1.46 bits per heavy atom. The van der Waals surface area contributed by atoms with Gasteiger partial charge in [-0.15, -0.1) is 0 Å². The van der Waals surface area contributed by atoms with Crippen molar-refractivity contribution in [2.45, 2.75) is 11.1 Å². The molecule has 146 valence electrons. The highest BCUT2D eigenvalue weighted by Gasteiger charge is 2.30. The summed E-state index contributed by atoms with van der Waals surface area (Å²) in [5.74, 6) is -2.78. The Balaban J connectivity index is 2.14. The number of benzene rings is 2. The highest BCUT2D eigenvalue weighted by molar-refractivity contribution is 7.89. The van der Waals surface area contributed by atoms with Crippen molar-refractivity contribution in [1.29, 1.82) is 0 Å². The fraction of sp³-hybridized carbons (Fsp3) is 0.0556. The van der Waals surface area contributed by atoms with E-state index in [1.807, 2.05) is 0 Å². The minimum Gasteiger partial charge on any atom is -0.256 e. The summed E-state index contributed by atoms with van der Waals surface area (Å²) in [6, 6.07) is 8.54. The zero-order valence-electron chi connectivity index (χ0n) is 13.8. The summed E-state index contributed by atoms with van der Waals surface area (Å²) in [4.78, 5) is 2.81. The molecular weight excluding hydrogens is 403 g/mol. The molecule has 2 N–H and O–H groups in total. The number of halogens is 5. The highest BCUT2D eigenvalue weighted by Crippen LogP contribution is 2.35. The molecule has 1 aromatic heterocycles. The molecule has 3 rings (SSSR count). The van der Waals surface area contributed by atoms with E-state index in [9.17, 15) is 30.4 Å². The fourth-order valence-electron chi connectivity index (χ4n) is 2.67. The minimum atomic E-state index is -4.62. The Bertz CT molecular complexity index is 1120. The first-order chi connectivity index (χ1) is 13.0. The quantitative estimate of drug-likeness (QED) is 0.648. The SMILES string of the molecule is NS(=O)(=O)c1c(F)cc(-c2cccnc2-c2ccc(C(F)(F)F)cc2)cc1F. The standard InChI is InChI=1S/C18H11F5N2O2S/c19-14-8-11(9-15(20)17(14)28(24,26)27)13-2-1-7-25-16(13)10-3-5-12(6-4-10)18(21,22)23/h1-9H,(H2,24,26,27). The van der Waals surface area contributed by atoms with Crippen molar-refractivity contribution in [2.24, 2.45) is 5.14 Å². The van der Waals surface area contributed by atoms with E-state index in [4.69, 9.17) is 5.14 Å². The molecule has 2 aromatic carbocycles. The number of hydrogen-bond acceptors (Lipinski definition) is 3. The van der Waals surface area contributed by atoms with Crippen molar-refractivity contribution in [1.82, 2.24) is 4.98 Å². The molecule has 0 bridgehead atoms. The van der Waals surface area contributed by atoms with Crippen LogP contribution in [0.5, 0.6) is 0 Å². The number of nitrogens with two attached hydrogens (primary N) is 1. The van der Waals surface area contributed by atoms with Gasteiger partial charge in [-0.1, -0.05) is 18.2 Å². The number of sulfonamides is 1. The van der Waals surface area contributed by atoms with Crippen molar-refractivity contribution in [3.05, 3.63) is 71.9 Å². The lowest BCUT2D eigenvalue weighted by atomic mass is 9.98. The molecule has 0 radical (unpaired) electrons. The summed E-state index contributed by atoms with van der Waals surface area (Å²) in [6.07, 6.45) is -3.15. The van der Waals surface area contributed by atoms with E-state index in [0.717, 1.165) is 24.3 Å². The number of alkyl halides is 3. The van der Waals surface area contributed by atoms with Crippen LogP contribution in [0.1, 0.15) is 5.56 Å². The molecule has 0 aliphatic rings. The second-order valence-corrected chi connectivity index (χ2v) is 7.29. The van der Waals surface area contributed by atoms with Gasteiger partial charge in [0.25, 0.3) is 0 Å². The number of primary sulfonamides is 1. The van der Waals surface area contributed by atoms with E-state index in [-0.39, 0.29) is 22.4 Å². The Morgan fingerprint density at radius 3 is 1.96 bits per heavy atom. The molecule has 0 atom stereocenters. The fourth-order valence-corrected chi connectivity index (χ4v) is 3.33. The third kappa shape index (κ3) is 3.87. The summed E-state index contributed by atoms with van der Waals surface area (Å²) < 4.78 is 89.2. The van der Waals surface area contributed by atoms with Crippen molar-refractivity contribution in [3.8, 4) is 22.4 Å². The van der Waals surface area contributed by atoms with Crippen LogP contribution in [0.2, 0.25) is 0 Å². The second-order valence-electron chi connectivity index (χ2n) is 5.79. The maximum Gasteiger partial charge on any atom is 0.416 e. The Hall–Kier alpha value is -2.85. The van der Waals surface area contributed by atoms with Gasteiger partial charge in [-0.05, 0) is 35.9 Å². The monoisotopic (exact) mass is 414 g/mol. The van der Waals surface area contributed by atoms with Crippen LogP contribution in [-0.4, -0.2) is 13.4 Å². The summed E-state index contributed by atoms with van der Waals surface area (Å²) in [7, 11) is -4.62. The topological polar surface area (TPSA) is 73.1 Å². The molecule has 1 heterocycles. The third-order valence-electron chi connectivity index (χ3n) is 3.89.